The lowest BCUT2D eigenvalue weighted by molar-refractivity contribution is -0.133. The highest BCUT2D eigenvalue weighted by atomic mass is 35.5. The van der Waals surface area contributed by atoms with Gasteiger partial charge in [-0.25, -0.2) is 0 Å². The molecule has 2 amide bonds. The Bertz CT molecular complexity index is 997. The Morgan fingerprint density at radius 1 is 1.26 bits per heavy atom. The lowest BCUT2D eigenvalue weighted by atomic mass is 10.3. The Morgan fingerprint density at radius 3 is 2.84 bits per heavy atom. The zero-order chi connectivity index (χ0) is 22.1. The second-order valence-corrected chi connectivity index (χ2v) is 8.60. The molecular formula is C20H21ClN4O4S2. The Kier molecular flexibility index (Phi) is 8.74. The molecule has 0 unspecified atom stereocenters. The summed E-state index contributed by atoms with van der Waals surface area (Å²) in [5.41, 5.74) is 0. The van der Waals surface area contributed by atoms with Gasteiger partial charge in [0.25, 0.3) is 11.1 Å². The van der Waals surface area contributed by atoms with Crippen LogP contribution in [0.2, 0.25) is 5.02 Å². The number of para-hydroxylation sites is 1. The summed E-state index contributed by atoms with van der Waals surface area (Å²) >= 11 is 8.72. The second-order valence-electron chi connectivity index (χ2n) is 6.23. The fraction of sp³-hybridized carbons (Fsp3) is 0.300. The van der Waals surface area contributed by atoms with Crippen LogP contribution in [0.25, 0.3) is 0 Å². The molecule has 0 saturated carbocycles. The van der Waals surface area contributed by atoms with E-state index in [1.807, 2.05) is 30.5 Å². The number of nitrogens with zero attached hydrogens (tertiary/aromatic N) is 3. The zero-order valence-electron chi connectivity index (χ0n) is 16.7. The number of nitrogens with one attached hydrogen (secondary N) is 1. The number of amides is 2. The third-order valence-corrected chi connectivity index (χ3v) is 6.06. The first kappa shape index (κ1) is 23.1. The van der Waals surface area contributed by atoms with Gasteiger partial charge in [-0.3, -0.25) is 9.59 Å². The van der Waals surface area contributed by atoms with Crippen molar-refractivity contribution in [1.29, 1.82) is 0 Å². The van der Waals surface area contributed by atoms with Crippen molar-refractivity contribution in [1.82, 2.24) is 20.4 Å². The van der Waals surface area contributed by atoms with Crippen molar-refractivity contribution < 1.29 is 18.7 Å². The summed E-state index contributed by atoms with van der Waals surface area (Å²) in [5.74, 6) is 0.480. The standard InChI is InChI=1S/C20H21ClN4O4S2/c1-2-25(11-17(26)22-10-14-6-5-9-30-14)19(27)13-31-20-24-23-18(29-20)12-28-16-8-4-3-7-15(16)21/h3-9H,2,10-13H2,1H3,(H,22,26). The maximum absolute atomic E-state index is 12.5. The van der Waals surface area contributed by atoms with Gasteiger partial charge in [-0.2, -0.15) is 0 Å². The van der Waals surface area contributed by atoms with E-state index in [0.717, 1.165) is 16.6 Å². The first-order chi connectivity index (χ1) is 15.0. The molecule has 8 nitrogen and oxygen atoms in total. The predicted octanol–water partition coefficient (Wildman–Crippen LogP) is 3.62. The van der Waals surface area contributed by atoms with Crippen LogP contribution in [0.3, 0.4) is 0 Å². The van der Waals surface area contributed by atoms with Gasteiger partial charge in [0.2, 0.25) is 11.8 Å². The minimum Gasteiger partial charge on any atom is -0.482 e. The van der Waals surface area contributed by atoms with Crippen molar-refractivity contribution in [3.63, 3.8) is 0 Å². The molecule has 1 aromatic carbocycles. The Labute approximate surface area is 192 Å². The van der Waals surface area contributed by atoms with Crippen LogP contribution in [0, 0.1) is 0 Å². The minimum atomic E-state index is -0.203. The number of likely N-dealkylation sites (N-methyl/N-ethyl adjacent to an activating group) is 1. The first-order valence-corrected chi connectivity index (χ1v) is 11.7. The number of benzene rings is 1. The van der Waals surface area contributed by atoms with Crippen LogP contribution in [0.15, 0.2) is 51.4 Å². The van der Waals surface area contributed by atoms with E-state index in [0.29, 0.717) is 23.9 Å². The number of hydrogen-bond acceptors (Lipinski definition) is 8. The molecule has 11 heteroatoms. The molecule has 0 aliphatic heterocycles. The zero-order valence-corrected chi connectivity index (χ0v) is 19.1. The predicted molar refractivity (Wildman–Crippen MR) is 119 cm³/mol. The van der Waals surface area contributed by atoms with Crippen molar-refractivity contribution in [2.75, 3.05) is 18.8 Å². The van der Waals surface area contributed by atoms with Gasteiger partial charge in [0.15, 0.2) is 6.61 Å². The van der Waals surface area contributed by atoms with Gasteiger partial charge < -0.3 is 19.4 Å². The van der Waals surface area contributed by atoms with Crippen molar-refractivity contribution in [2.45, 2.75) is 25.3 Å². The van der Waals surface area contributed by atoms with E-state index < -0.39 is 0 Å². The van der Waals surface area contributed by atoms with Crippen LogP contribution in [0.5, 0.6) is 5.75 Å². The van der Waals surface area contributed by atoms with Crippen molar-refractivity contribution in [2.24, 2.45) is 0 Å². The van der Waals surface area contributed by atoms with Crippen LogP contribution in [0.4, 0.5) is 0 Å². The van der Waals surface area contributed by atoms with Crippen LogP contribution in [0.1, 0.15) is 17.7 Å². The number of hydrogen-bond donors (Lipinski definition) is 1. The molecule has 3 rings (SSSR count). The number of rotatable bonds is 11. The number of thioether (sulfide) groups is 1. The molecule has 0 bridgehead atoms. The number of carbonyl (C=O) groups excluding carboxylic acids is 2. The van der Waals surface area contributed by atoms with Gasteiger partial charge >= 0.3 is 0 Å². The molecule has 3 aromatic rings. The number of carbonyl (C=O) groups is 2. The molecule has 0 aliphatic rings. The van der Waals surface area contributed by atoms with Crippen LogP contribution in [-0.4, -0.2) is 45.8 Å². The van der Waals surface area contributed by atoms with Gasteiger partial charge in [0, 0.05) is 11.4 Å². The smallest absolute Gasteiger partial charge is 0.277 e. The van der Waals surface area contributed by atoms with Crippen LogP contribution in [-0.2, 0) is 22.7 Å². The van der Waals surface area contributed by atoms with Crippen LogP contribution < -0.4 is 10.1 Å². The van der Waals surface area contributed by atoms with E-state index in [1.54, 1.807) is 29.5 Å². The molecular weight excluding hydrogens is 460 g/mol. The Hall–Kier alpha value is -2.56. The molecule has 2 heterocycles. The third-order valence-electron chi connectivity index (χ3n) is 4.06. The first-order valence-electron chi connectivity index (χ1n) is 9.44. The van der Waals surface area contributed by atoms with Crippen molar-refractivity contribution >= 4 is 46.5 Å². The molecule has 31 heavy (non-hydrogen) atoms. The van der Waals surface area contributed by atoms with E-state index in [1.165, 1.54) is 4.90 Å². The molecule has 164 valence electrons. The average molecular weight is 481 g/mol. The van der Waals surface area contributed by atoms with Crippen molar-refractivity contribution in [3.05, 3.63) is 57.6 Å². The minimum absolute atomic E-state index is 0.00201. The van der Waals surface area contributed by atoms with Gasteiger partial charge in [0.05, 0.1) is 23.9 Å². The molecule has 2 aromatic heterocycles. The van der Waals surface area contributed by atoms with E-state index in [9.17, 15) is 9.59 Å². The third kappa shape index (κ3) is 7.27. The molecule has 0 fully saturated rings. The van der Waals surface area contributed by atoms with E-state index in [2.05, 4.69) is 15.5 Å². The largest absolute Gasteiger partial charge is 0.482 e. The summed E-state index contributed by atoms with van der Waals surface area (Å²) < 4.78 is 11.0. The Balaban J connectivity index is 1.42. The number of aromatic nitrogens is 2. The van der Waals surface area contributed by atoms with Gasteiger partial charge in [-0.05, 0) is 30.5 Å². The number of thiophene rings is 1. The second kappa shape index (κ2) is 11.7. The van der Waals surface area contributed by atoms with Crippen molar-refractivity contribution in [3.8, 4) is 5.75 Å². The average Bonchev–Trinajstić information content (AvgIpc) is 3.46. The normalized spacial score (nSPS) is 10.6. The monoisotopic (exact) mass is 480 g/mol. The number of halogens is 1. The fourth-order valence-electron chi connectivity index (χ4n) is 2.48. The molecule has 0 atom stereocenters. The molecule has 0 spiro atoms. The van der Waals surface area contributed by atoms with E-state index >= 15 is 0 Å². The van der Waals surface area contributed by atoms with Crippen LogP contribution >= 0.6 is 34.7 Å². The lowest BCUT2D eigenvalue weighted by Crippen LogP contribution is -2.41. The maximum atomic E-state index is 12.5. The quantitative estimate of drug-likeness (QED) is 0.418. The van der Waals surface area contributed by atoms with E-state index in [4.69, 9.17) is 20.8 Å². The van der Waals surface area contributed by atoms with Gasteiger partial charge in [-0.15, -0.1) is 21.5 Å². The fourth-order valence-corrected chi connectivity index (χ4v) is 3.99. The maximum Gasteiger partial charge on any atom is 0.277 e. The SMILES string of the molecule is CCN(CC(=O)NCc1cccs1)C(=O)CSc1nnc(COc2ccccc2Cl)o1. The summed E-state index contributed by atoms with van der Waals surface area (Å²) in [4.78, 5) is 27.1. The summed E-state index contributed by atoms with van der Waals surface area (Å²) in [7, 11) is 0. The molecule has 1 N–H and O–H groups in total. The van der Waals surface area contributed by atoms with E-state index in [-0.39, 0.29) is 41.8 Å². The number of ether oxygens (including phenoxy) is 1. The molecule has 0 aliphatic carbocycles. The summed E-state index contributed by atoms with van der Waals surface area (Å²) in [5, 5.41) is 13.3. The molecule has 0 radical (unpaired) electrons. The van der Waals surface area contributed by atoms with Gasteiger partial charge in [0.1, 0.15) is 5.75 Å². The summed E-state index contributed by atoms with van der Waals surface area (Å²) in [6, 6.07) is 11.0. The summed E-state index contributed by atoms with van der Waals surface area (Å²) in [6.07, 6.45) is 0. The van der Waals surface area contributed by atoms with Gasteiger partial charge in [-0.1, -0.05) is 41.6 Å². The topological polar surface area (TPSA) is 97.6 Å². The molecule has 0 saturated heterocycles. The highest BCUT2D eigenvalue weighted by Crippen LogP contribution is 2.24. The summed E-state index contributed by atoms with van der Waals surface area (Å²) in [6.45, 7) is 2.77. The highest BCUT2D eigenvalue weighted by molar-refractivity contribution is 7.99. The lowest BCUT2D eigenvalue weighted by Gasteiger charge is -2.19. The highest BCUT2D eigenvalue weighted by Gasteiger charge is 2.17. The Morgan fingerprint density at radius 2 is 2.10 bits per heavy atom.